The highest BCUT2D eigenvalue weighted by Crippen LogP contribution is 2.32. The zero-order valence-electron chi connectivity index (χ0n) is 15.4. The minimum absolute atomic E-state index is 0.146. The van der Waals surface area contributed by atoms with Crippen LogP contribution in [0.4, 0.5) is 5.82 Å². The first kappa shape index (κ1) is 18.2. The van der Waals surface area contributed by atoms with Crippen molar-refractivity contribution in [3.8, 4) is 0 Å². The number of aryl methyl sites for hydroxylation is 2. The van der Waals surface area contributed by atoms with Crippen molar-refractivity contribution >= 4 is 44.9 Å². The summed E-state index contributed by atoms with van der Waals surface area (Å²) in [5.74, 6) is 1.93. The molecule has 0 radical (unpaired) electrons. The number of fused-ring (bicyclic) bond motifs is 1. The highest BCUT2D eigenvalue weighted by Gasteiger charge is 2.24. The Balaban J connectivity index is 1.46. The van der Waals surface area contributed by atoms with Crippen LogP contribution in [-0.2, 0) is 11.2 Å². The van der Waals surface area contributed by atoms with Crippen molar-refractivity contribution in [3.63, 3.8) is 0 Å². The molecule has 1 aliphatic rings. The molecule has 7 heteroatoms. The molecule has 2 aromatic heterocycles. The summed E-state index contributed by atoms with van der Waals surface area (Å²) in [6.07, 6.45) is 0.390. The number of halogens is 1. The Morgan fingerprint density at radius 1 is 1.19 bits per heavy atom. The largest absolute Gasteiger partial charge is 0.352 e. The van der Waals surface area contributed by atoms with E-state index in [0.717, 1.165) is 40.5 Å². The molecular formula is C20H21ClN4OS. The van der Waals surface area contributed by atoms with Gasteiger partial charge in [0, 0.05) is 31.2 Å². The van der Waals surface area contributed by atoms with Gasteiger partial charge in [-0.15, -0.1) is 11.3 Å². The van der Waals surface area contributed by atoms with Crippen LogP contribution in [0.25, 0.3) is 10.2 Å². The van der Waals surface area contributed by atoms with Crippen molar-refractivity contribution in [1.29, 1.82) is 0 Å². The number of thiophene rings is 1. The third-order valence-electron chi connectivity index (χ3n) is 4.89. The Morgan fingerprint density at radius 2 is 1.96 bits per heavy atom. The monoisotopic (exact) mass is 400 g/mol. The molecule has 3 aromatic rings. The lowest BCUT2D eigenvalue weighted by molar-refractivity contribution is -0.130. The van der Waals surface area contributed by atoms with Crippen LogP contribution in [0, 0.1) is 13.8 Å². The number of anilines is 1. The van der Waals surface area contributed by atoms with E-state index in [1.165, 1.54) is 5.56 Å². The maximum Gasteiger partial charge on any atom is 0.227 e. The van der Waals surface area contributed by atoms with E-state index >= 15 is 0 Å². The molecule has 0 saturated carbocycles. The van der Waals surface area contributed by atoms with Gasteiger partial charge in [-0.25, -0.2) is 9.97 Å². The molecule has 1 saturated heterocycles. The molecule has 1 aliphatic heterocycles. The second kappa shape index (κ2) is 7.44. The van der Waals surface area contributed by atoms with Crippen molar-refractivity contribution in [2.24, 2.45) is 0 Å². The van der Waals surface area contributed by atoms with Crippen LogP contribution in [0.15, 0.2) is 29.6 Å². The van der Waals surface area contributed by atoms with Gasteiger partial charge >= 0.3 is 0 Å². The molecular weight excluding hydrogens is 380 g/mol. The van der Waals surface area contributed by atoms with Gasteiger partial charge in [0.1, 0.15) is 16.5 Å². The molecule has 0 spiro atoms. The van der Waals surface area contributed by atoms with Crippen molar-refractivity contribution in [1.82, 2.24) is 14.9 Å². The van der Waals surface area contributed by atoms with Gasteiger partial charge in [0.2, 0.25) is 5.91 Å². The molecule has 0 atom stereocenters. The predicted molar refractivity (Wildman–Crippen MR) is 111 cm³/mol. The third kappa shape index (κ3) is 3.77. The fourth-order valence-corrected chi connectivity index (χ4v) is 4.67. The Bertz CT molecular complexity index is 995. The number of amides is 1. The summed E-state index contributed by atoms with van der Waals surface area (Å²) >= 11 is 7.68. The number of rotatable bonds is 3. The Hall–Kier alpha value is -2.18. The average Bonchev–Trinajstić information content (AvgIpc) is 3.02. The topological polar surface area (TPSA) is 49.3 Å². The van der Waals surface area contributed by atoms with E-state index < -0.39 is 0 Å². The van der Waals surface area contributed by atoms with Crippen LogP contribution >= 0.6 is 22.9 Å². The quantitative estimate of drug-likeness (QED) is 0.670. The number of piperazine rings is 1. The second-order valence-electron chi connectivity index (χ2n) is 6.87. The molecule has 27 heavy (non-hydrogen) atoms. The average molecular weight is 401 g/mol. The van der Waals surface area contributed by atoms with Gasteiger partial charge in [-0.05, 0) is 42.5 Å². The van der Waals surface area contributed by atoms with Gasteiger partial charge in [-0.3, -0.25) is 4.79 Å². The number of carbonyl (C=O) groups is 1. The van der Waals surface area contributed by atoms with Gasteiger partial charge < -0.3 is 9.80 Å². The number of hydrogen-bond donors (Lipinski definition) is 0. The van der Waals surface area contributed by atoms with Gasteiger partial charge in [0.15, 0.2) is 0 Å². The summed E-state index contributed by atoms with van der Waals surface area (Å²) in [5, 5.41) is 3.94. The number of carbonyl (C=O) groups excluding carboxylic acids is 1. The predicted octanol–water partition coefficient (Wildman–Crippen LogP) is 3.85. The first-order valence-corrected chi connectivity index (χ1v) is 10.3. The number of nitrogens with zero attached hydrogens (tertiary/aromatic N) is 4. The summed E-state index contributed by atoms with van der Waals surface area (Å²) in [7, 11) is 0. The molecule has 1 fully saturated rings. The first-order valence-electron chi connectivity index (χ1n) is 9.01. The van der Waals surface area contributed by atoms with Gasteiger partial charge in [-0.1, -0.05) is 23.7 Å². The van der Waals surface area contributed by atoms with E-state index in [1.54, 1.807) is 11.3 Å². The van der Waals surface area contributed by atoms with Crippen LogP contribution in [0.3, 0.4) is 0 Å². The van der Waals surface area contributed by atoms with E-state index in [4.69, 9.17) is 16.6 Å². The SMILES string of the molecule is Cc1nc(N2CCN(C(=O)Cc3cccc(Cl)c3)CC2)c2c(C)csc2n1. The smallest absolute Gasteiger partial charge is 0.227 e. The van der Waals surface area contributed by atoms with Gasteiger partial charge in [0.25, 0.3) is 0 Å². The zero-order valence-corrected chi connectivity index (χ0v) is 17.0. The molecule has 3 heterocycles. The zero-order chi connectivity index (χ0) is 19.0. The van der Waals surface area contributed by atoms with Crippen LogP contribution < -0.4 is 4.90 Å². The highest BCUT2D eigenvalue weighted by atomic mass is 35.5. The van der Waals surface area contributed by atoms with Crippen LogP contribution in [-0.4, -0.2) is 47.0 Å². The van der Waals surface area contributed by atoms with E-state index in [0.29, 0.717) is 24.5 Å². The number of aromatic nitrogens is 2. The molecule has 4 rings (SSSR count). The van der Waals surface area contributed by atoms with Crippen molar-refractivity contribution < 1.29 is 4.79 Å². The van der Waals surface area contributed by atoms with E-state index in [2.05, 4.69) is 22.2 Å². The molecule has 5 nitrogen and oxygen atoms in total. The summed E-state index contributed by atoms with van der Waals surface area (Å²) in [6.45, 7) is 7.00. The molecule has 0 unspecified atom stereocenters. The second-order valence-corrected chi connectivity index (χ2v) is 8.16. The molecule has 1 aromatic carbocycles. The minimum Gasteiger partial charge on any atom is -0.352 e. The van der Waals surface area contributed by atoms with E-state index in [-0.39, 0.29) is 5.91 Å². The lowest BCUT2D eigenvalue weighted by Gasteiger charge is -2.36. The first-order chi connectivity index (χ1) is 13.0. The van der Waals surface area contributed by atoms with Crippen LogP contribution in [0.5, 0.6) is 0 Å². The summed E-state index contributed by atoms with van der Waals surface area (Å²) in [5.41, 5.74) is 2.17. The van der Waals surface area contributed by atoms with Crippen molar-refractivity contribution in [2.45, 2.75) is 20.3 Å². The fourth-order valence-electron chi connectivity index (χ4n) is 3.50. The van der Waals surface area contributed by atoms with E-state index in [9.17, 15) is 4.79 Å². The normalized spacial score (nSPS) is 14.8. The molecule has 1 amide bonds. The Kier molecular flexibility index (Phi) is 5.02. The molecule has 0 N–H and O–H groups in total. The van der Waals surface area contributed by atoms with Gasteiger partial charge in [0.05, 0.1) is 11.8 Å². The lowest BCUT2D eigenvalue weighted by Crippen LogP contribution is -2.49. The minimum atomic E-state index is 0.146. The number of benzene rings is 1. The maximum atomic E-state index is 12.6. The number of hydrogen-bond acceptors (Lipinski definition) is 5. The summed E-state index contributed by atoms with van der Waals surface area (Å²) in [4.78, 5) is 27.2. The van der Waals surface area contributed by atoms with Crippen molar-refractivity contribution in [3.05, 3.63) is 51.6 Å². The van der Waals surface area contributed by atoms with Crippen LogP contribution in [0.2, 0.25) is 5.02 Å². The molecule has 0 bridgehead atoms. The summed E-state index contributed by atoms with van der Waals surface area (Å²) in [6, 6.07) is 7.51. The molecule has 140 valence electrons. The standard InChI is InChI=1S/C20H21ClN4OS/c1-13-12-27-20-18(13)19(22-14(2)23-20)25-8-6-24(7-9-25)17(26)11-15-4-3-5-16(21)10-15/h3-5,10,12H,6-9,11H2,1-2H3. The lowest BCUT2D eigenvalue weighted by atomic mass is 10.1. The van der Waals surface area contributed by atoms with E-state index in [1.807, 2.05) is 36.1 Å². The molecule has 0 aliphatic carbocycles. The van der Waals surface area contributed by atoms with Crippen LogP contribution in [0.1, 0.15) is 17.0 Å². The Labute approximate surface area is 167 Å². The Morgan fingerprint density at radius 3 is 2.70 bits per heavy atom. The summed E-state index contributed by atoms with van der Waals surface area (Å²) < 4.78 is 0. The third-order valence-corrected chi connectivity index (χ3v) is 6.11. The van der Waals surface area contributed by atoms with Gasteiger partial charge in [-0.2, -0.15) is 0 Å². The highest BCUT2D eigenvalue weighted by molar-refractivity contribution is 7.17. The van der Waals surface area contributed by atoms with Crippen molar-refractivity contribution in [2.75, 3.05) is 31.1 Å². The fraction of sp³-hybridized carbons (Fsp3) is 0.350. The maximum absolute atomic E-state index is 12.6.